The number of nitrogens with zero attached hydrogens (tertiary/aromatic N) is 5. The summed E-state index contributed by atoms with van der Waals surface area (Å²) in [6.45, 7) is 4.97. The van der Waals surface area contributed by atoms with Crippen molar-refractivity contribution >= 4 is 23.4 Å². The number of thioether (sulfide) groups is 1. The van der Waals surface area contributed by atoms with Crippen LogP contribution < -0.4 is 10.1 Å². The van der Waals surface area contributed by atoms with Gasteiger partial charge in [0, 0.05) is 12.1 Å². The van der Waals surface area contributed by atoms with Gasteiger partial charge in [0.25, 0.3) is 5.89 Å². The zero-order valence-electron chi connectivity index (χ0n) is 17.7. The van der Waals surface area contributed by atoms with E-state index in [1.165, 1.54) is 11.8 Å². The number of carbonyl (C=O) groups is 1. The van der Waals surface area contributed by atoms with Gasteiger partial charge in [-0.1, -0.05) is 59.4 Å². The number of amides is 1. The van der Waals surface area contributed by atoms with Gasteiger partial charge in [0.15, 0.2) is 5.16 Å². The summed E-state index contributed by atoms with van der Waals surface area (Å²) < 4.78 is 12.8. The minimum atomic E-state index is -0.168. The first-order chi connectivity index (χ1) is 15.7. The fourth-order valence-corrected chi connectivity index (χ4v) is 3.83. The van der Waals surface area contributed by atoms with Gasteiger partial charge in [0.05, 0.1) is 18.0 Å². The second kappa shape index (κ2) is 10.1. The Labute approximate surface area is 189 Å². The van der Waals surface area contributed by atoms with E-state index in [9.17, 15) is 4.79 Å². The van der Waals surface area contributed by atoms with Crippen molar-refractivity contribution in [2.75, 3.05) is 17.7 Å². The number of anilines is 1. The van der Waals surface area contributed by atoms with Gasteiger partial charge in [0.2, 0.25) is 17.6 Å². The highest BCUT2D eigenvalue weighted by Crippen LogP contribution is 2.27. The van der Waals surface area contributed by atoms with E-state index < -0.39 is 0 Å². The van der Waals surface area contributed by atoms with Crippen LogP contribution in [0.5, 0.6) is 5.75 Å². The Bertz CT molecular complexity index is 1190. The minimum absolute atomic E-state index is 0.164. The summed E-state index contributed by atoms with van der Waals surface area (Å²) in [6.07, 6.45) is 0. The number of benzene rings is 2. The van der Waals surface area contributed by atoms with Crippen LogP contribution in [0, 0.1) is 0 Å². The molecule has 0 aliphatic carbocycles. The van der Waals surface area contributed by atoms with Gasteiger partial charge >= 0.3 is 0 Å². The third-order valence-electron chi connectivity index (χ3n) is 4.48. The Morgan fingerprint density at radius 2 is 1.88 bits per heavy atom. The van der Waals surface area contributed by atoms with E-state index in [4.69, 9.17) is 9.26 Å². The number of rotatable bonds is 9. The summed E-state index contributed by atoms with van der Waals surface area (Å²) in [5.74, 6) is 1.86. The molecule has 2 heterocycles. The molecule has 32 heavy (non-hydrogen) atoms. The zero-order valence-corrected chi connectivity index (χ0v) is 18.5. The van der Waals surface area contributed by atoms with Gasteiger partial charge in [-0.2, -0.15) is 4.98 Å². The fourth-order valence-electron chi connectivity index (χ4n) is 3.03. The Hall–Kier alpha value is -3.66. The molecule has 1 N–H and O–H groups in total. The van der Waals surface area contributed by atoms with Gasteiger partial charge in [0.1, 0.15) is 5.75 Å². The van der Waals surface area contributed by atoms with Crippen molar-refractivity contribution in [3.63, 3.8) is 0 Å². The van der Waals surface area contributed by atoms with Crippen LogP contribution in [0.1, 0.15) is 13.8 Å². The lowest BCUT2D eigenvalue weighted by atomic mass is 10.2. The van der Waals surface area contributed by atoms with E-state index in [0.29, 0.717) is 41.4 Å². The van der Waals surface area contributed by atoms with Gasteiger partial charge in [-0.25, -0.2) is 0 Å². The number of aromatic nitrogens is 5. The normalized spacial score (nSPS) is 10.8. The number of carbonyl (C=O) groups excluding carboxylic acids is 1. The van der Waals surface area contributed by atoms with Crippen LogP contribution in [0.2, 0.25) is 0 Å². The van der Waals surface area contributed by atoms with Crippen LogP contribution in [0.15, 0.2) is 64.3 Å². The molecule has 2 aromatic heterocycles. The maximum Gasteiger partial charge on any atom is 0.296 e. The highest BCUT2D eigenvalue weighted by molar-refractivity contribution is 7.99. The van der Waals surface area contributed by atoms with E-state index >= 15 is 0 Å². The SMILES string of the molecule is CCOc1ccccc1NC(=O)CSc1nnc(-c2nc(-c3ccccc3)no2)n1CC. The summed E-state index contributed by atoms with van der Waals surface area (Å²) in [7, 11) is 0. The van der Waals surface area contributed by atoms with Gasteiger partial charge in [-0.3, -0.25) is 9.36 Å². The van der Waals surface area contributed by atoms with Crippen molar-refractivity contribution < 1.29 is 14.1 Å². The molecular formula is C22H22N6O3S. The molecule has 164 valence electrons. The average Bonchev–Trinajstić information content (AvgIpc) is 3.46. The van der Waals surface area contributed by atoms with Crippen LogP contribution >= 0.6 is 11.8 Å². The summed E-state index contributed by atoms with van der Waals surface area (Å²) in [6, 6.07) is 16.9. The van der Waals surface area contributed by atoms with Crippen LogP contribution in [-0.4, -0.2) is 43.2 Å². The molecule has 0 fully saturated rings. The number of nitrogens with one attached hydrogen (secondary N) is 1. The first kappa shape index (κ1) is 21.6. The molecule has 2 aromatic carbocycles. The van der Waals surface area contributed by atoms with Crippen LogP contribution in [0.4, 0.5) is 5.69 Å². The Morgan fingerprint density at radius 3 is 2.66 bits per heavy atom. The highest BCUT2D eigenvalue weighted by Gasteiger charge is 2.20. The maximum atomic E-state index is 12.5. The molecule has 0 radical (unpaired) electrons. The van der Waals surface area contributed by atoms with Gasteiger partial charge < -0.3 is 14.6 Å². The van der Waals surface area contributed by atoms with E-state index in [2.05, 4.69) is 25.7 Å². The quantitative estimate of drug-likeness (QED) is 0.379. The number of para-hydroxylation sites is 2. The van der Waals surface area contributed by atoms with Crippen molar-refractivity contribution in [2.24, 2.45) is 0 Å². The number of hydrogen-bond donors (Lipinski definition) is 1. The lowest BCUT2D eigenvalue weighted by Gasteiger charge is -2.11. The standard InChI is InChI=1S/C22H22N6O3S/c1-3-28-20(21-24-19(27-31-21)15-10-6-5-7-11-15)25-26-22(28)32-14-18(29)23-16-12-8-9-13-17(16)30-4-2/h5-13H,3-4,14H2,1-2H3,(H,23,29). The van der Waals surface area contributed by atoms with E-state index in [-0.39, 0.29) is 17.6 Å². The first-order valence-corrected chi connectivity index (χ1v) is 11.1. The largest absolute Gasteiger partial charge is 0.492 e. The van der Waals surface area contributed by atoms with E-state index in [0.717, 1.165) is 5.56 Å². The summed E-state index contributed by atoms with van der Waals surface area (Å²) in [5, 5.41) is 15.9. The fraction of sp³-hybridized carbons (Fsp3) is 0.227. The lowest BCUT2D eigenvalue weighted by Crippen LogP contribution is -2.15. The molecule has 0 unspecified atom stereocenters. The van der Waals surface area contributed by atoms with Crippen molar-refractivity contribution in [2.45, 2.75) is 25.5 Å². The molecule has 0 bridgehead atoms. The van der Waals surface area contributed by atoms with Crippen molar-refractivity contribution in [1.29, 1.82) is 0 Å². The summed E-state index contributed by atoms with van der Waals surface area (Å²) >= 11 is 1.28. The molecule has 4 rings (SSSR count). The Balaban J connectivity index is 1.45. The summed E-state index contributed by atoms with van der Waals surface area (Å²) in [5.41, 5.74) is 1.49. The molecule has 0 saturated heterocycles. The van der Waals surface area contributed by atoms with E-state index in [1.54, 1.807) is 6.07 Å². The van der Waals surface area contributed by atoms with Crippen molar-refractivity contribution in [3.8, 4) is 28.9 Å². The third-order valence-corrected chi connectivity index (χ3v) is 5.44. The highest BCUT2D eigenvalue weighted by atomic mass is 32.2. The topological polar surface area (TPSA) is 108 Å². The number of ether oxygens (including phenoxy) is 1. The predicted octanol–water partition coefficient (Wildman–Crippen LogP) is 4.14. The van der Waals surface area contributed by atoms with E-state index in [1.807, 2.05) is 66.9 Å². The van der Waals surface area contributed by atoms with Crippen molar-refractivity contribution in [3.05, 3.63) is 54.6 Å². The van der Waals surface area contributed by atoms with Crippen LogP contribution in [0.25, 0.3) is 23.1 Å². The smallest absolute Gasteiger partial charge is 0.296 e. The molecule has 4 aromatic rings. The summed E-state index contributed by atoms with van der Waals surface area (Å²) in [4.78, 5) is 16.9. The maximum absolute atomic E-state index is 12.5. The molecule has 0 aliphatic rings. The van der Waals surface area contributed by atoms with Gasteiger partial charge in [-0.15, -0.1) is 10.2 Å². The Kier molecular flexibility index (Phi) is 6.81. The molecule has 0 saturated carbocycles. The second-order valence-corrected chi connectivity index (χ2v) is 7.55. The van der Waals surface area contributed by atoms with Crippen LogP contribution in [-0.2, 0) is 11.3 Å². The molecular weight excluding hydrogens is 428 g/mol. The zero-order chi connectivity index (χ0) is 22.3. The number of hydrogen-bond acceptors (Lipinski definition) is 8. The lowest BCUT2D eigenvalue weighted by molar-refractivity contribution is -0.113. The van der Waals surface area contributed by atoms with Crippen LogP contribution in [0.3, 0.4) is 0 Å². The molecule has 9 nitrogen and oxygen atoms in total. The molecule has 0 spiro atoms. The molecule has 0 atom stereocenters. The molecule has 0 aliphatic heterocycles. The first-order valence-electron chi connectivity index (χ1n) is 10.2. The Morgan fingerprint density at radius 1 is 1.09 bits per heavy atom. The predicted molar refractivity (Wildman–Crippen MR) is 121 cm³/mol. The average molecular weight is 451 g/mol. The molecule has 1 amide bonds. The minimum Gasteiger partial charge on any atom is -0.492 e. The third kappa shape index (κ3) is 4.80. The van der Waals surface area contributed by atoms with Crippen molar-refractivity contribution in [1.82, 2.24) is 24.9 Å². The molecule has 10 heteroatoms. The second-order valence-electron chi connectivity index (χ2n) is 6.61. The monoisotopic (exact) mass is 450 g/mol. The van der Waals surface area contributed by atoms with Gasteiger partial charge in [-0.05, 0) is 26.0 Å².